The molecular formula is C22H33NO3. The number of rotatable bonds is 0. The number of nitrogens with zero attached hydrogens (tertiary/aromatic N) is 1. The van der Waals surface area contributed by atoms with Crippen LogP contribution in [0.1, 0.15) is 58.3 Å². The Balaban J connectivity index is 1.55. The maximum Gasteiger partial charge on any atom is 0.118 e. The van der Waals surface area contributed by atoms with Crippen LogP contribution in [0.15, 0.2) is 12.2 Å². The van der Waals surface area contributed by atoms with Crippen molar-refractivity contribution in [2.45, 2.75) is 76.9 Å². The molecule has 2 N–H and O–H groups in total. The first-order valence-corrected chi connectivity index (χ1v) is 10.8. The second-order valence-electron chi connectivity index (χ2n) is 10.8. The van der Waals surface area contributed by atoms with Gasteiger partial charge in [-0.3, -0.25) is 0 Å². The predicted octanol–water partition coefficient (Wildman–Crippen LogP) is 2.90. The minimum atomic E-state index is -0.460. The van der Waals surface area contributed by atoms with Crippen molar-refractivity contribution >= 4 is 0 Å². The Kier molecular flexibility index (Phi) is 3.14. The lowest BCUT2D eigenvalue weighted by Crippen LogP contribution is -2.77. The van der Waals surface area contributed by atoms with Crippen LogP contribution in [0.3, 0.4) is 0 Å². The monoisotopic (exact) mass is 359 g/mol. The third kappa shape index (κ3) is 1.64. The van der Waals surface area contributed by atoms with E-state index in [4.69, 9.17) is 4.74 Å². The van der Waals surface area contributed by atoms with Gasteiger partial charge in [0.2, 0.25) is 0 Å². The number of aliphatic hydroxyl groups is 2. The Hall–Kier alpha value is -0.420. The molecule has 0 aromatic heterocycles. The summed E-state index contributed by atoms with van der Waals surface area (Å²) >= 11 is 0. The third-order valence-corrected chi connectivity index (χ3v) is 9.96. The lowest BCUT2D eigenvalue weighted by atomic mass is 9.34. The second kappa shape index (κ2) is 4.94. The maximum absolute atomic E-state index is 11.8. The van der Waals surface area contributed by atoms with Gasteiger partial charge in [-0.25, -0.2) is 4.90 Å². The van der Waals surface area contributed by atoms with Gasteiger partial charge in [0, 0.05) is 23.3 Å². The number of hydrogen-bond acceptors (Lipinski definition) is 4. The second-order valence-corrected chi connectivity index (χ2v) is 10.8. The zero-order valence-corrected chi connectivity index (χ0v) is 16.0. The highest BCUT2D eigenvalue weighted by Gasteiger charge is 2.75. The van der Waals surface area contributed by atoms with Crippen molar-refractivity contribution < 1.29 is 14.9 Å². The number of hydrogen-bond donors (Lipinski definition) is 2. The predicted molar refractivity (Wildman–Crippen MR) is 98.0 cm³/mol. The Morgan fingerprint density at radius 1 is 1.23 bits per heavy atom. The van der Waals surface area contributed by atoms with Crippen molar-refractivity contribution in [2.24, 2.45) is 34.0 Å². The van der Waals surface area contributed by atoms with Crippen LogP contribution in [-0.4, -0.2) is 46.8 Å². The third-order valence-electron chi connectivity index (χ3n) is 9.96. The average Bonchev–Trinajstić information content (AvgIpc) is 3.10. The molecule has 4 heteroatoms. The van der Waals surface area contributed by atoms with Gasteiger partial charge in [0.15, 0.2) is 0 Å². The van der Waals surface area contributed by atoms with Gasteiger partial charge in [-0.15, -0.1) is 0 Å². The largest absolute Gasteiger partial charge is 0.393 e. The van der Waals surface area contributed by atoms with Gasteiger partial charge in [-0.05, 0) is 62.2 Å². The Labute approximate surface area is 156 Å². The van der Waals surface area contributed by atoms with Crippen LogP contribution in [0, 0.1) is 34.0 Å². The number of fused-ring (bicyclic) bond motifs is 4. The summed E-state index contributed by atoms with van der Waals surface area (Å²) in [6.45, 7) is 8.30. The number of ether oxygens (including phenoxy) is 1. The van der Waals surface area contributed by atoms with Crippen molar-refractivity contribution in [2.75, 3.05) is 13.2 Å². The standard InChI is InChI=1S/C22H33NO3/c1-13-11-21-7-4-14(13)10-16(21)22-6-3-5-20(2,17(22)15(24)12-21)19-23(18(22)25)8-9-26-19/h14-19,24-25H,1,3-12H2,2H3/t14-,15+,16+,17+,18-,19-,20-,21-,22-/m1/s1. The molecule has 0 radical (unpaired) electrons. The van der Waals surface area contributed by atoms with Crippen LogP contribution in [0.4, 0.5) is 0 Å². The molecule has 7 rings (SSSR count). The molecule has 144 valence electrons. The molecule has 5 aliphatic carbocycles. The summed E-state index contributed by atoms with van der Waals surface area (Å²) in [4.78, 5) is 2.26. The Morgan fingerprint density at radius 3 is 2.88 bits per heavy atom. The summed E-state index contributed by atoms with van der Waals surface area (Å²) in [7, 11) is 0. The first-order valence-electron chi connectivity index (χ1n) is 10.8. The fourth-order valence-electron chi connectivity index (χ4n) is 9.35. The van der Waals surface area contributed by atoms with Gasteiger partial charge in [-0.2, -0.15) is 0 Å². The van der Waals surface area contributed by atoms with Gasteiger partial charge in [0.1, 0.15) is 12.5 Å². The molecule has 0 aromatic rings. The summed E-state index contributed by atoms with van der Waals surface area (Å²) in [5.41, 5.74) is 1.39. The molecule has 2 heterocycles. The van der Waals surface area contributed by atoms with Crippen LogP contribution in [0.2, 0.25) is 0 Å². The lowest BCUT2D eigenvalue weighted by Gasteiger charge is -2.74. The van der Waals surface area contributed by atoms with Gasteiger partial charge in [-0.1, -0.05) is 25.5 Å². The maximum atomic E-state index is 11.8. The number of aliphatic hydroxyl groups excluding tert-OH is 2. The molecule has 7 fully saturated rings. The van der Waals surface area contributed by atoms with E-state index in [2.05, 4.69) is 18.4 Å². The van der Waals surface area contributed by atoms with E-state index in [0.29, 0.717) is 18.4 Å². The lowest BCUT2D eigenvalue weighted by molar-refractivity contribution is -0.344. The van der Waals surface area contributed by atoms with Crippen molar-refractivity contribution in [1.82, 2.24) is 4.90 Å². The van der Waals surface area contributed by atoms with E-state index in [1.54, 1.807) is 0 Å². The molecule has 0 aromatic carbocycles. The summed E-state index contributed by atoms with van der Waals surface area (Å²) in [6.07, 6.45) is 8.18. The highest BCUT2D eigenvalue weighted by molar-refractivity contribution is 5.26. The smallest absolute Gasteiger partial charge is 0.118 e. The van der Waals surface area contributed by atoms with Gasteiger partial charge in [0.25, 0.3) is 0 Å². The van der Waals surface area contributed by atoms with E-state index >= 15 is 0 Å². The summed E-state index contributed by atoms with van der Waals surface area (Å²) in [6, 6.07) is 0. The molecule has 5 saturated carbocycles. The SMILES string of the molecule is C=C1C[C@@]23CC[C@@H]1C[C@@H]2[C@@]12CCC[C@@](C)([C@H]4OCCN4[C@@H]1O)[C@@H]2[C@@H](O)C3. The van der Waals surface area contributed by atoms with Crippen LogP contribution in [0.5, 0.6) is 0 Å². The average molecular weight is 360 g/mol. The first-order chi connectivity index (χ1) is 12.4. The minimum Gasteiger partial charge on any atom is -0.393 e. The normalized spacial score (nSPS) is 61.1. The highest BCUT2D eigenvalue weighted by Crippen LogP contribution is 2.75. The summed E-state index contributed by atoms with van der Waals surface area (Å²) < 4.78 is 6.16. The van der Waals surface area contributed by atoms with Crippen LogP contribution >= 0.6 is 0 Å². The van der Waals surface area contributed by atoms with E-state index in [9.17, 15) is 10.2 Å². The van der Waals surface area contributed by atoms with Crippen molar-refractivity contribution in [1.29, 1.82) is 0 Å². The zero-order valence-electron chi connectivity index (χ0n) is 16.0. The van der Waals surface area contributed by atoms with Crippen molar-refractivity contribution in [3.8, 4) is 0 Å². The Bertz CT molecular complexity index is 666. The summed E-state index contributed by atoms with van der Waals surface area (Å²) in [5, 5.41) is 23.3. The molecular weight excluding hydrogens is 326 g/mol. The van der Waals surface area contributed by atoms with Crippen LogP contribution in [0.25, 0.3) is 0 Å². The molecule has 4 nitrogen and oxygen atoms in total. The number of allylic oxidation sites excluding steroid dienone is 1. The van der Waals surface area contributed by atoms with E-state index in [1.807, 2.05) is 0 Å². The molecule has 2 saturated heterocycles. The van der Waals surface area contributed by atoms with Crippen LogP contribution < -0.4 is 0 Å². The van der Waals surface area contributed by atoms with Gasteiger partial charge < -0.3 is 14.9 Å². The molecule has 0 unspecified atom stereocenters. The van der Waals surface area contributed by atoms with Crippen LogP contribution in [-0.2, 0) is 4.74 Å². The Morgan fingerprint density at radius 2 is 2.08 bits per heavy atom. The topological polar surface area (TPSA) is 52.9 Å². The quantitative estimate of drug-likeness (QED) is 0.653. The molecule has 0 amide bonds. The fraction of sp³-hybridized carbons (Fsp3) is 0.909. The summed E-state index contributed by atoms with van der Waals surface area (Å²) in [5.74, 6) is 1.34. The molecule has 4 bridgehead atoms. The van der Waals surface area contributed by atoms with E-state index in [1.165, 1.54) is 24.8 Å². The van der Waals surface area contributed by atoms with E-state index in [-0.39, 0.29) is 34.5 Å². The van der Waals surface area contributed by atoms with E-state index in [0.717, 1.165) is 38.6 Å². The molecule has 9 atom stereocenters. The molecule has 1 spiro atoms. The van der Waals surface area contributed by atoms with Crippen molar-refractivity contribution in [3.05, 3.63) is 12.2 Å². The van der Waals surface area contributed by atoms with Gasteiger partial charge >= 0.3 is 0 Å². The highest BCUT2D eigenvalue weighted by atomic mass is 16.5. The molecule has 26 heavy (non-hydrogen) atoms. The number of piperidine rings is 1. The fourth-order valence-corrected chi connectivity index (χ4v) is 9.35. The first kappa shape index (κ1) is 16.5. The van der Waals surface area contributed by atoms with Crippen molar-refractivity contribution in [3.63, 3.8) is 0 Å². The minimum absolute atomic E-state index is 0.0182. The zero-order chi connectivity index (χ0) is 17.9. The van der Waals surface area contributed by atoms with Gasteiger partial charge in [0.05, 0.1) is 12.7 Å². The van der Waals surface area contributed by atoms with E-state index < -0.39 is 6.23 Å². The molecule has 2 aliphatic heterocycles. The molecule has 7 aliphatic rings.